The van der Waals surface area contributed by atoms with Crippen LogP contribution in [0.5, 0.6) is 5.75 Å². The van der Waals surface area contributed by atoms with E-state index in [4.69, 9.17) is 4.74 Å². The number of rotatable bonds is 9. The average Bonchev–Trinajstić information content (AvgIpc) is 3.27. The molecule has 8 rings (SSSR count). The number of carbonyl (C=O) groups is 1. The molecule has 6 fully saturated rings. The van der Waals surface area contributed by atoms with E-state index in [1.165, 1.54) is 40.0 Å². The SMILES string of the molecule is C1CCC([PH+](C2CCCCC2)C2CCCCC2)CC1.C1CCC([PH+](C2CCCCC2)C2CCCCC2)CC1.O=C(/C=C/c1ccccc1)Oc1ccccc1.[Ni]. The van der Waals surface area contributed by atoms with Crippen molar-refractivity contribution in [1.82, 2.24) is 0 Å². The summed E-state index contributed by atoms with van der Waals surface area (Å²) in [7, 11) is -0.0930. The Hall–Kier alpha value is -0.996. The summed E-state index contributed by atoms with van der Waals surface area (Å²) in [6, 6.07) is 18.6. The first kappa shape index (κ1) is 46.1. The molecule has 0 heterocycles. The van der Waals surface area contributed by atoms with Crippen molar-refractivity contribution < 1.29 is 26.0 Å². The predicted molar refractivity (Wildman–Crippen MR) is 245 cm³/mol. The van der Waals surface area contributed by atoms with Crippen LogP contribution in [0.15, 0.2) is 66.7 Å². The van der Waals surface area contributed by atoms with E-state index in [1.807, 2.05) is 48.5 Å². The largest absolute Gasteiger partial charge is 0.423 e. The second-order valence-corrected chi connectivity index (χ2v) is 25.4. The molecule has 6 aliphatic rings. The molecule has 314 valence electrons. The molecule has 0 radical (unpaired) electrons. The third kappa shape index (κ3) is 15.6. The zero-order valence-corrected chi connectivity index (χ0v) is 38.2. The van der Waals surface area contributed by atoms with E-state index < -0.39 is 0 Å². The van der Waals surface area contributed by atoms with Gasteiger partial charge in [-0.1, -0.05) is 87.1 Å². The summed E-state index contributed by atoms with van der Waals surface area (Å²) in [6.45, 7) is 0. The number of ether oxygens (including phenoxy) is 1. The van der Waals surface area contributed by atoms with E-state index in [-0.39, 0.29) is 38.3 Å². The van der Waals surface area contributed by atoms with E-state index in [2.05, 4.69) is 0 Å². The molecule has 2 nitrogen and oxygen atoms in total. The van der Waals surface area contributed by atoms with Crippen LogP contribution in [-0.2, 0) is 21.3 Å². The smallest absolute Gasteiger partial charge is 0.336 e. The predicted octanol–water partition coefficient (Wildman–Crippen LogP) is 15.7. The van der Waals surface area contributed by atoms with Crippen molar-refractivity contribution in [2.75, 3.05) is 0 Å². The van der Waals surface area contributed by atoms with Gasteiger partial charge < -0.3 is 4.74 Å². The summed E-state index contributed by atoms with van der Waals surface area (Å²) in [4.78, 5) is 11.5. The molecule has 0 bridgehead atoms. The van der Waals surface area contributed by atoms with Crippen molar-refractivity contribution in [2.45, 2.75) is 227 Å². The molecular formula is C51H80NiO2P2+2. The van der Waals surface area contributed by atoms with Crippen molar-refractivity contribution in [3.8, 4) is 5.75 Å². The minimum atomic E-state index is -0.375. The fourth-order valence-corrected chi connectivity index (χ4v) is 22.4. The van der Waals surface area contributed by atoms with Crippen LogP contribution in [0, 0.1) is 0 Å². The van der Waals surface area contributed by atoms with Crippen LogP contribution in [0.2, 0.25) is 0 Å². The molecule has 2 aromatic carbocycles. The Morgan fingerprint density at radius 3 is 0.964 bits per heavy atom. The third-order valence-corrected chi connectivity index (χ3v) is 23.8. The number of hydrogen-bond acceptors (Lipinski definition) is 2. The summed E-state index contributed by atoms with van der Waals surface area (Å²) < 4.78 is 5.11. The quantitative estimate of drug-likeness (QED) is 0.0826. The summed E-state index contributed by atoms with van der Waals surface area (Å²) in [5, 5.41) is 0. The standard InChI is InChI=1S/2C18H33P.C15H12O2.Ni/c2*1-4-10-16(11-5-1)19(17-12-6-2-7-13-17)18-14-8-3-9-15-18;16-15(17-14-9-5-2-6-10-14)12-11-13-7-3-1-4-8-13;/h2*16-18H,1-15H2;1-12H;/p+2/b;;12-11+;. The van der Waals surface area contributed by atoms with Crippen LogP contribution in [0.25, 0.3) is 6.08 Å². The molecule has 6 aliphatic carbocycles. The molecule has 0 N–H and O–H groups in total. The maximum atomic E-state index is 11.5. The van der Waals surface area contributed by atoms with E-state index in [9.17, 15) is 4.79 Å². The van der Waals surface area contributed by atoms with Crippen molar-refractivity contribution in [3.63, 3.8) is 0 Å². The summed E-state index contributed by atoms with van der Waals surface area (Å²) >= 11 is 0. The van der Waals surface area contributed by atoms with E-state index in [0.29, 0.717) is 5.75 Å². The van der Waals surface area contributed by atoms with Gasteiger partial charge >= 0.3 is 5.97 Å². The topological polar surface area (TPSA) is 26.3 Å². The van der Waals surface area contributed by atoms with Crippen molar-refractivity contribution in [1.29, 1.82) is 0 Å². The Morgan fingerprint density at radius 1 is 0.411 bits per heavy atom. The maximum absolute atomic E-state index is 11.5. The Balaban J connectivity index is 0.000000160. The van der Waals surface area contributed by atoms with Gasteiger partial charge in [0.05, 0.1) is 34.0 Å². The Morgan fingerprint density at radius 2 is 0.679 bits per heavy atom. The molecule has 6 saturated carbocycles. The molecule has 0 saturated heterocycles. The van der Waals surface area contributed by atoms with Crippen LogP contribution in [0.3, 0.4) is 0 Å². The van der Waals surface area contributed by atoms with Crippen LogP contribution in [0.1, 0.15) is 198 Å². The Bertz CT molecular complexity index is 1180. The van der Waals surface area contributed by atoms with Gasteiger partial charge in [-0.25, -0.2) is 4.79 Å². The molecular weight excluding hydrogens is 765 g/mol. The zero-order chi connectivity index (χ0) is 37.8. The summed E-state index contributed by atoms with van der Waals surface area (Å²) in [6.07, 6.45) is 50.7. The van der Waals surface area contributed by atoms with Gasteiger partial charge in [0.2, 0.25) is 0 Å². The van der Waals surface area contributed by atoms with Gasteiger partial charge in [-0.3, -0.25) is 0 Å². The third-order valence-electron chi connectivity index (χ3n) is 14.6. The van der Waals surface area contributed by atoms with Crippen molar-refractivity contribution in [2.24, 2.45) is 0 Å². The molecule has 5 heteroatoms. The first-order valence-corrected chi connectivity index (χ1v) is 27.4. The second kappa shape index (κ2) is 27.0. The molecule has 0 spiro atoms. The van der Waals surface area contributed by atoms with E-state index in [1.54, 1.807) is 211 Å². The number of carbonyl (C=O) groups excluding carboxylic acids is 1. The first-order valence-electron chi connectivity index (χ1n) is 24.0. The fraction of sp³-hybridized carbons (Fsp3) is 0.706. The van der Waals surface area contributed by atoms with Crippen LogP contribution < -0.4 is 4.74 Å². The van der Waals surface area contributed by atoms with Gasteiger partial charge in [-0.05, 0) is 178 Å². The van der Waals surface area contributed by atoms with Gasteiger partial charge in [0.1, 0.15) is 5.75 Å². The molecule has 0 aliphatic heterocycles. The molecule has 56 heavy (non-hydrogen) atoms. The summed E-state index contributed by atoms with van der Waals surface area (Å²) in [5.41, 5.74) is 8.33. The molecule has 0 amide bonds. The fourth-order valence-electron chi connectivity index (χ4n) is 12.0. The van der Waals surface area contributed by atoms with Gasteiger partial charge in [0.25, 0.3) is 0 Å². The normalized spacial score (nSPS) is 22.8. The zero-order valence-electron chi connectivity index (χ0n) is 35.2. The minimum absolute atomic E-state index is 0. The van der Waals surface area contributed by atoms with Crippen LogP contribution in [-0.4, -0.2) is 39.9 Å². The molecule has 0 unspecified atom stereocenters. The number of esters is 1. The van der Waals surface area contributed by atoms with Crippen molar-refractivity contribution in [3.05, 3.63) is 72.3 Å². The molecule has 2 aromatic rings. The number of benzene rings is 2. The van der Waals surface area contributed by atoms with Gasteiger partial charge in [-0.2, -0.15) is 0 Å². The van der Waals surface area contributed by atoms with Gasteiger partial charge in [0, 0.05) is 38.4 Å². The Kier molecular flexibility index (Phi) is 22.2. The number of para-hydroxylation sites is 1. The second-order valence-electron chi connectivity index (χ2n) is 18.5. The minimum Gasteiger partial charge on any atom is -0.423 e. The molecule has 0 atom stereocenters. The monoisotopic (exact) mass is 844 g/mol. The number of hydrogen-bond donors (Lipinski definition) is 0. The van der Waals surface area contributed by atoms with Gasteiger partial charge in [-0.15, -0.1) is 0 Å². The van der Waals surface area contributed by atoms with Gasteiger partial charge in [0.15, 0.2) is 0 Å². The van der Waals surface area contributed by atoms with Crippen molar-refractivity contribution >= 4 is 27.9 Å². The maximum Gasteiger partial charge on any atom is 0.336 e. The first-order chi connectivity index (χ1) is 27.2. The van der Waals surface area contributed by atoms with E-state index in [0.717, 1.165) is 5.56 Å². The molecule has 0 aromatic heterocycles. The summed E-state index contributed by atoms with van der Waals surface area (Å²) in [5.74, 6) is 0.176. The van der Waals surface area contributed by atoms with E-state index >= 15 is 0 Å². The van der Waals surface area contributed by atoms with Crippen LogP contribution >= 0.6 is 15.8 Å². The Labute approximate surface area is 356 Å². The average molecular weight is 846 g/mol. The van der Waals surface area contributed by atoms with Crippen LogP contribution in [0.4, 0.5) is 0 Å².